The zero-order valence-electron chi connectivity index (χ0n) is 9.69. The first kappa shape index (κ1) is 11.6. The van der Waals surface area contributed by atoms with Crippen LogP contribution in [-0.2, 0) is 16.2 Å². The molecule has 2 unspecified atom stereocenters. The highest BCUT2D eigenvalue weighted by Crippen LogP contribution is 2.15. The molecule has 0 saturated carbocycles. The summed E-state index contributed by atoms with van der Waals surface area (Å²) in [5.41, 5.74) is 4.22. The van der Waals surface area contributed by atoms with E-state index in [2.05, 4.69) is 24.5 Å². The number of nitrogens with one attached hydrogen (secondary N) is 1. The van der Waals surface area contributed by atoms with Gasteiger partial charge < -0.3 is 4.74 Å². The standard InChI is InChI=1S/C13H19NO2/c1-11(13-8-5-9-15-13)14-16-10-12-6-3-2-4-7-12/h2-4,6-7,11,13-14H,5,8-10H2,1H3. The van der Waals surface area contributed by atoms with Crippen molar-refractivity contribution in [2.75, 3.05) is 6.61 Å². The summed E-state index contributed by atoms with van der Waals surface area (Å²) < 4.78 is 5.57. The van der Waals surface area contributed by atoms with Gasteiger partial charge in [-0.1, -0.05) is 30.3 Å². The summed E-state index contributed by atoms with van der Waals surface area (Å²) in [7, 11) is 0. The molecule has 3 nitrogen and oxygen atoms in total. The second-order valence-corrected chi connectivity index (χ2v) is 4.23. The third-order valence-corrected chi connectivity index (χ3v) is 2.87. The summed E-state index contributed by atoms with van der Waals surface area (Å²) in [6.45, 7) is 3.58. The highest BCUT2D eigenvalue weighted by atomic mass is 16.6. The molecule has 1 heterocycles. The minimum absolute atomic E-state index is 0.256. The molecule has 3 heteroatoms. The number of hydrogen-bond donors (Lipinski definition) is 1. The van der Waals surface area contributed by atoms with E-state index in [0.717, 1.165) is 19.4 Å². The van der Waals surface area contributed by atoms with Crippen molar-refractivity contribution >= 4 is 0 Å². The van der Waals surface area contributed by atoms with Gasteiger partial charge in [-0.25, -0.2) is 0 Å². The number of ether oxygens (including phenoxy) is 1. The van der Waals surface area contributed by atoms with E-state index >= 15 is 0 Å². The van der Waals surface area contributed by atoms with Crippen LogP contribution in [0.25, 0.3) is 0 Å². The van der Waals surface area contributed by atoms with Crippen molar-refractivity contribution in [1.82, 2.24) is 5.48 Å². The van der Waals surface area contributed by atoms with Crippen molar-refractivity contribution in [3.63, 3.8) is 0 Å². The maximum atomic E-state index is 5.57. The molecule has 0 radical (unpaired) electrons. The molecule has 88 valence electrons. The lowest BCUT2D eigenvalue weighted by molar-refractivity contribution is -0.0334. The molecule has 0 aromatic heterocycles. The van der Waals surface area contributed by atoms with Gasteiger partial charge in [0.05, 0.1) is 18.8 Å². The highest BCUT2D eigenvalue weighted by Gasteiger charge is 2.22. The molecule has 0 amide bonds. The maximum absolute atomic E-state index is 5.57. The number of rotatable bonds is 5. The van der Waals surface area contributed by atoms with Crippen molar-refractivity contribution < 1.29 is 9.57 Å². The van der Waals surface area contributed by atoms with Crippen LogP contribution in [0.1, 0.15) is 25.3 Å². The fourth-order valence-electron chi connectivity index (χ4n) is 1.90. The van der Waals surface area contributed by atoms with Gasteiger partial charge in [-0.05, 0) is 25.3 Å². The third kappa shape index (κ3) is 3.30. The van der Waals surface area contributed by atoms with Gasteiger partial charge >= 0.3 is 0 Å². The average Bonchev–Trinajstić information content (AvgIpc) is 2.84. The molecule has 1 aliphatic rings. The van der Waals surface area contributed by atoms with Crippen LogP contribution < -0.4 is 5.48 Å². The van der Waals surface area contributed by atoms with Gasteiger partial charge in [0.25, 0.3) is 0 Å². The Balaban J connectivity index is 1.67. The monoisotopic (exact) mass is 221 g/mol. The van der Waals surface area contributed by atoms with Crippen molar-refractivity contribution in [3.8, 4) is 0 Å². The first-order chi connectivity index (χ1) is 7.86. The minimum atomic E-state index is 0.256. The second kappa shape index (κ2) is 5.99. The van der Waals surface area contributed by atoms with Crippen LogP contribution in [0.3, 0.4) is 0 Å². The Morgan fingerprint density at radius 1 is 1.44 bits per heavy atom. The minimum Gasteiger partial charge on any atom is -0.377 e. The van der Waals surface area contributed by atoms with Crippen LogP contribution in [-0.4, -0.2) is 18.8 Å². The van der Waals surface area contributed by atoms with Crippen LogP contribution in [0.2, 0.25) is 0 Å². The first-order valence-electron chi connectivity index (χ1n) is 5.89. The lowest BCUT2D eigenvalue weighted by Crippen LogP contribution is -2.36. The topological polar surface area (TPSA) is 30.5 Å². The molecule has 0 spiro atoms. The van der Waals surface area contributed by atoms with E-state index in [1.807, 2.05) is 18.2 Å². The fraction of sp³-hybridized carbons (Fsp3) is 0.538. The largest absolute Gasteiger partial charge is 0.377 e. The van der Waals surface area contributed by atoms with Crippen molar-refractivity contribution in [2.45, 2.75) is 38.5 Å². The summed E-state index contributed by atoms with van der Waals surface area (Å²) in [5, 5.41) is 0. The molecule has 1 fully saturated rings. The van der Waals surface area contributed by atoms with E-state index in [0.29, 0.717) is 12.7 Å². The van der Waals surface area contributed by atoms with Crippen LogP contribution >= 0.6 is 0 Å². The normalized spacial score (nSPS) is 22.2. The average molecular weight is 221 g/mol. The summed E-state index contributed by atoms with van der Waals surface area (Å²) in [6, 6.07) is 10.4. The lowest BCUT2D eigenvalue weighted by Gasteiger charge is -2.19. The molecule has 2 rings (SSSR count). The van der Waals surface area contributed by atoms with Crippen LogP contribution in [0, 0.1) is 0 Å². The summed E-state index contributed by atoms with van der Waals surface area (Å²) in [5.74, 6) is 0. The predicted octanol–water partition coefficient (Wildman–Crippen LogP) is 2.28. The molecule has 1 N–H and O–H groups in total. The first-order valence-corrected chi connectivity index (χ1v) is 5.89. The number of hydrogen-bond acceptors (Lipinski definition) is 3. The lowest BCUT2D eigenvalue weighted by atomic mass is 10.1. The van der Waals surface area contributed by atoms with E-state index in [-0.39, 0.29) is 6.04 Å². The Morgan fingerprint density at radius 3 is 2.94 bits per heavy atom. The van der Waals surface area contributed by atoms with Crippen molar-refractivity contribution in [3.05, 3.63) is 35.9 Å². The summed E-state index contributed by atoms with van der Waals surface area (Å²) >= 11 is 0. The van der Waals surface area contributed by atoms with Crippen LogP contribution in [0.5, 0.6) is 0 Å². The Kier molecular flexibility index (Phi) is 4.34. The predicted molar refractivity (Wildman–Crippen MR) is 62.8 cm³/mol. The Hall–Kier alpha value is -0.900. The molecule has 1 aromatic carbocycles. The molecule has 1 saturated heterocycles. The third-order valence-electron chi connectivity index (χ3n) is 2.87. The summed E-state index contributed by atoms with van der Waals surface area (Å²) in [4.78, 5) is 5.46. The molecule has 2 atom stereocenters. The highest BCUT2D eigenvalue weighted by molar-refractivity contribution is 5.13. The quantitative estimate of drug-likeness (QED) is 0.774. The van der Waals surface area contributed by atoms with E-state index in [1.165, 1.54) is 5.56 Å². The Labute approximate surface area is 96.7 Å². The molecule has 0 bridgehead atoms. The van der Waals surface area contributed by atoms with Gasteiger partial charge in [0.1, 0.15) is 0 Å². The van der Waals surface area contributed by atoms with Crippen molar-refractivity contribution in [2.24, 2.45) is 0 Å². The van der Waals surface area contributed by atoms with E-state index in [9.17, 15) is 0 Å². The molecule has 0 aliphatic carbocycles. The molecule has 1 aliphatic heterocycles. The Morgan fingerprint density at radius 2 is 2.25 bits per heavy atom. The molecular weight excluding hydrogens is 202 g/mol. The molecular formula is C13H19NO2. The zero-order chi connectivity index (χ0) is 11.2. The van der Waals surface area contributed by atoms with Crippen molar-refractivity contribution in [1.29, 1.82) is 0 Å². The van der Waals surface area contributed by atoms with E-state index in [1.54, 1.807) is 0 Å². The summed E-state index contributed by atoms with van der Waals surface area (Å²) in [6.07, 6.45) is 2.59. The molecule has 1 aromatic rings. The smallest absolute Gasteiger partial charge is 0.0933 e. The van der Waals surface area contributed by atoms with Gasteiger partial charge in [0.15, 0.2) is 0 Å². The van der Waals surface area contributed by atoms with Crippen LogP contribution in [0.15, 0.2) is 30.3 Å². The van der Waals surface area contributed by atoms with Gasteiger partial charge in [-0.2, -0.15) is 5.48 Å². The zero-order valence-corrected chi connectivity index (χ0v) is 9.69. The fourth-order valence-corrected chi connectivity index (χ4v) is 1.90. The van der Waals surface area contributed by atoms with E-state index in [4.69, 9.17) is 9.57 Å². The van der Waals surface area contributed by atoms with Gasteiger partial charge in [-0.3, -0.25) is 4.84 Å². The van der Waals surface area contributed by atoms with Gasteiger partial charge in [-0.15, -0.1) is 0 Å². The van der Waals surface area contributed by atoms with E-state index < -0.39 is 0 Å². The van der Waals surface area contributed by atoms with Gasteiger partial charge in [0, 0.05) is 6.61 Å². The van der Waals surface area contributed by atoms with Crippen LogP contribution in [0.4, 0.5) is 0 Å². The second-order valence-electron chi connectivity index (χ2n) is 4.23. The number of benzene rings is 1. The maximum Gasteiger partial charge on any atom is 0.0933 e. The van der Waals surface area contributed by atoms with Gasteiger partial charge in [0.2, 0.25) is 0 Å². The number of hydroxylamine groups is 1. The Bertz CT molecular complexity index is 296. The molecule has 16 heavy (non-hydrogen) atoms. The SMILES string of the molecule is CC(NOCc1ccccc1)C1CCCO1.